The lowest BCUT2D eigenvalue weighted by Crippen LogP contribution is -1.62. The van der Waals surface area contributed by atoms with Crippen LogP contribution >= 0.6 is 0 Å². The van der Waals surface area contributed by atoms with Crippen molar-refractivity contribution in [1.82, 2.24) is 4.98 Å². The fourth-order valence-corrected chi connectivity index (χ4v) is 0.847. The zero-order valence-corrected chi connectivity index (χ0v) is 8.84. The van der Waals surface area contributed by atoms with E-state index >= 15 is 0 Å². The minimum atomic E-state index is 1.32. The number of aromatic nitrogens is 1. The molecule has 0 aliphatic carbocycles. The first-order valence-electron chi connectivity index (χ1n) is 4.55. The maximum Gasteiger partial charge on any atom is 0.106 e. The molecule has 1 aromatic heterocycles. The van der Waals surface area contributed by atoms with Gasteiger partial charge in [0, 0.05) is 12.4 Å². The number of carbonyl (C=O) groups excluding carboxylic acids is 1. The van der Waals surface area contributed by atoms with Crippen LogP contribution in [-0.4, -0.2) is 11.8 Å². The van der Waals surface area contributed by atoms with Crippen molar-refractivity contribution >= 4 is 6.79 Å². The third kappa shape index (κ3) is 8.37. The summed E-state index contributed by atoms with van der Waals surface area (Å²) in [4.78, 5) is 11.8. The molecule has 0 amide bonds. The van der Waals surface area contributed by atoms with Gasteiger partial charge in [0.05, 0.1) is 0 Å². The molecule has 1 aromatic carbocycles. The molecule has 78 valence electrons. The molecule has 0 fully saturated rings. The Balaban J connectivity index is 0.000000227. The van der Waals surface area contributed by atoms with E-state index in [1.807, 2.05) is 43.2 Å². The summed E-state index contributed by atoms with van der Waals surface area (Å²) in [7, 11) is 0. The second-order valence-electron chi connectivity index (χ2n) is 2.68. The molecule has 0 spiro atoms. The molecule has 0 atom stereocenters. The molecule has 2 heteroatoms. The van der Waals surface area contributed by atoms with Gasteiger partial charge in [-0.3, -0.25) is 4.98 Å². The lowest BCUT2D eigenvalue weighted by molar-refractivity contribution is -0.0979. The van der Waals surface area contributed by atoms with Crippen molar-refractivity contribution in [3.05, 3.63) is 66.5 Å². The fourth-order valence-electron chi connectivity index (χ4n) is 0.847. The van der Waals surface area contributed by atoms with Crippen LogP contribution in [0.3, 0.4) is 0 Å². The summed E-state index contributed by atoms with van der Waals surface area (Å²) in [6.45, 7) is 4.08. The molecule has 0 saturated carbocycles. The molecule has 0 bridgehead atoms. The maximum atomic E-state index is 8.00. The lowest BCUT2D eigenvalue weighted by atomic mass is 10.2. The van der Waals surface area contributed by atoms with Crippen LogP contribution in [0.15, 0.2) is 60.9 Å². The molecule has 0 unspecified atom stereocenters. The molecule has 0 N–H and O–H groups in total. The zero-order valence-electron chi connectivity index (χ0n) is 8.84. The number of hydrogen-bond donors (Lipinski definition) is 0. The van der Waals surface area contributed by atoms with E-state index in [0.29, 0.717) is 0 Å². The Morgan fingerprint density at radius 3 is 1.53 bits per heavy atom. The van der Waals surface area contributed by atoms with E-state index in [2.05, 4.69) is 24.0 Å². The van der Waals surface area contributed by atoms with Crippen molar-refractivity contribution in [3.8, 4) is 0 Å². The molecule has 2 nitrogen and oxygen atoms in total. The first-order valence-corrected chi connectivity index (χ1v) is 4.55. The van der Waals surface area contributed by atoms with Gasteiger partial charge in [-0.05, 0) is 19.1 Å². The summed E-state index contributed by atoms with van der Waals surface area (Å²) < 4.78 is 0. The molecule has 0 aliphatic heterocycles. The van der Waals surface area contributed by atoms with Crippen LogP contribution in [0, 0.1) is 6.92 Å². The standard InChI is InChI=1S/C7H8.C5H5N.CH2O/c1-7-5-3-2-4-6-7;1-2-4-6-5-3-1;1-2/h2-6H,1H3;1-5H;1H2. The van der Waals surface area contributed by atoms with Gasteiger partial charge in [-0.15, -0.1) is 0 Å². The molecule has 2 aromatic rings. The van der Waals surface area contributed by atoms with Crippen LogP contribution in [0.5, 0.6) is 0 Å². The monoisotopic (exact) mass is 201 g/mol. The van der Waals surface area contributed by atoms with E-state index in [4.69, 9.17) is 4.79 Å². The zero-order chi connectivity index (χ0) is 11.4. The highest BCUT2D eigenvalue weighted by Crippen LogP contribution is 1.92. The van der Waals surface area contributed by atoms with Crippen molar-refractivity contribution in [1.29, 1.82) is 0 Å². The van der Waals surface area contributed by atoms with E-state index in [9.17, 15) is 0 Å². The SMILES string of the molecule is C=O.Cc1ccccc1.c1ccncc1. The number of carbonyl (C=O) groups is 1. The van der Waals surface area contributed by atoms with Gasteiger partial charge in [0.15, 0.2) is 0 Å². The average molecular weight is 201 g/mol. The van der Waals surface area contributed by atoms with Gasteiger partial charge in [-0.25, -0.2) is 0 Å². The molecule has 0 saturated heterocycles. The smallest absolute Gasteiger partial charge is 0.106 e. The third-order valence-electron chi connectivity index (χ3n) is 1.51. The van der Waals surface area contributed by atoms with Gasteiger partial charge in [0.1, 0.15) is 6.79 Å². The predicted octanol–water partition coefficient (Wildman–Crippen LogP) is 2.89. The van der Waals surface area contributed by atoms with Crippen molar-refractivity contribution in [3.63, 3.8) is 0 Å². The summed E-state index contributed by atoms with van der Waals surface area (Å²) in [5, 5.41) is 0. The minimum absolute atomic E-state index is 1.32. The predicted molar refractivity (Wildman–Crippen MR) is 62.5 cm³/mol. The molecular weight excluding hydrogens is 186 g/mol. The third-order valence-corrected chi connectivity index (χ3v) is 1.51. The topological polar surface area (TPSA) is 30.0 Å². The Kier molecular flexibility index (Phi) is 8.80. The molecule has 0 radical (unpaired) electrons. The Labute approximate surface area is 90.6 Å². The van der Waals surface area contributed by atoms with Gasteiger partial charge in [0.2, 0.25) is 0 Å². The summed E-state index contributed by atoms with van der Waals surface area (Å²) in [6, 6.07) is 16.0. The molecular formula is C13H15NO. The fraction of sp³-hybridized carbons (Fsp3) is 0.0769. The van der Waals surface area contributed by atoms with Gasteiger partial charge < -0.3 is 4.79 Å². The quantitative estimate of drug-likeness (QED) is 0.656. The van der Waals surface area contributed by atoms with E-state index in [-0.39, 0.29) is 0 Å². The Hall–Kier alpha value is -1.96. The molecule has 2 rings (SSSR count). The van der Waals surface area contributed by atoms with Crippen molar-refractivity contribution in [2.24, 2.45) is 0 Å². The lowest BCUT2D eigenvalue weighted by Gasteiger charge is -1.82. The Bertz CT molecular complexity index is 294. The van der Waals surface area contributed by atoms with Crippen LogP contribution in [0.1, 0.15) is 5.56 Å². The highest BCUT2D eigenvalue weighted by molar-refractivity contribution is 5.11. The van der Waals surface area contributed by atoms with E-state index in [1.54, 1.807) is 12.4 Å². The second kappa shape index (κ2) is 10.1. The van der Waals surface area contributed by atoms with Crippen molar-refractivity contribution in [2.45, 2.75) is 6.92 Å². The normalized spacial score (nSPS) is 7.53. The largest absolute Gasteiger partial charge is 0.307 e. The van der Waals surface area contributed by atoms with Crippen LogP contribution in [0.4, 0.5) is 0 Å². The van der Waals surface area contributed by atoms with Gasteiger partial charge in [-0.2, -0.15) is 0 Å². The average Bonchev–Trinajstić information content (AvgIpc) is 2.36. The van der Waals surface area contributed by atoms with Gasteiger partial charge in [-0.1, -0.05) is 42.0 Å². The number of aryl methyl sites for hydroxylation is 1. The number of nitrogens with zero attached hydrogens (tertiary/aromatic N) is 1. The van der Waals surface area contributed by atoms with E-state index < -0.39 is 0 Å². The summed E-state index contributed by atoms with van der Waals surface area (Å²) >= 11 is 0. The summed E-state index contributed by atoms with van der Waals surface area (Å²) in [5.41, 5.74) is 1.32. The van der Waals surface area contributed by atoms with Crippen LogP contribution in [-0.2, 0) is 4.79 Å². The van der Waals surface area contributed by atoms with Crippen LogP contribution in [0.25, 0.3) is 0 Å². The summed E-state index contributed by atoms with van der Waals surface area (Å²) in [5.74, 6) is 0. The molecule has 0 aliphatic rings. The minimum Gasteiger partial charge on any atom is -0.307 e. The first kappa shape index (κ1) is 13.0. The first-order chi connectivity index (χ1) is 7.39. The highest BCUT2D eigenvalue weighted by Gasteiger charge is 1.72. The number of benzene rings is 1. The van der Waals surface area contributed by atoms with E-state index in [0.717, 1.165) is 0 Å². The highest BCUT2D eigenvalue weighted by atomic mass is 16.1. The van der Waals surface area contributed by atoms with Crippen molar-refractivity contribution < 1.29 is 4.79 Å². The van der Waals surface area contributed by atoms with Gasteiger partial charge >= 0.3 is 0 Å². The van der Waals surface area contributed by atoms with Crippen LogP contribution in [0.2, 0.25) is 0 Å². The van der Waals surface area contributed by atoms with Gasteiger partial charge in [0.25, 0.3) is 0 Å². The molecule has 15 heavy (non-hydrogen) atoms. The molecule has 1 heterocycles. The number of hydrogen-bond acceptors (Lipinski definition) is 2. The van der Waals surface area contributed by atoms with E-state index in [1.165, 1.54) is 5.56 Å². The second-order valence-corrected chi connectivity index (χ2v) is 2.68. The number of rotatable bonds is 0. The Morgan fingerprint density at radius 2 is 1.33 bits per heavy atom. The Morgan fingerprint density at radius 1 is 0.867 bits per heavy atom. The number of pyridine rings is 1. The van der Waals surface area contributed by atoms with Crippen LogP contribution < -0.4 is 0 Å². The summed E-state index contributed by atoms with van der Waals surface area (Å²) in [6.07, 6.45) is 3.50. The van der Waals surface area contributed by atoms with Crippen molar-refractivity contribution in [2.75, 3.05) is 0 Å². The maximum absolute atomic E-state index is 8.00.